The molecule has 0 saturated carbocycles. The predicted octanol–water partition coefficient (Wildman–Crippen LogP) is 2.15. The molecule has 20 heavy (non-hydrogen) atoms. The third-order valence-electron chi connectivity index (χ3n) is 2.61. The van der Waals surface area contributed by atoms with Gasteiger partial charge in [0.05, 0.1) is 24.4 Å². The standard InChI is InChI=1S/C13H17ClN2O3S/c1-19-13(18)9-7-8(14)3-4-11(9)16-12(17)10(15)5-6-20-2/h3-4,7,10H,5-6,15H2,1-2H3,(H,16,17)/t10-/m1/s1. The maximum atomic E-state index is 11.9. The van der Waals surface area contributed by atoms with Gasteiger partial charge < -0.3 is 15.8 Å². The Morgan fingerprint density at radius 1 is 1.50 bits per heavy atom. The van der Waals surface area contributed by atoms with Crippen LogP contribution in [0, 0.1) is 0 Å². The van der Waals surface area contributed by atoms with Crippen molar-refractivity contribution >= 4 is 40.9 Å². The Balaban J connectivity index is 2.86. The summed E-state index contributed by atoms with van der Waals surface area (Å²) in [6, 6.07) is 3.95. The molecule has 0 fully saturated rings. The summed E-state index contributed by atoms with van der Waals surface area (Å²) in [6.07, 6.45) is 2.51. The number of carbonyl (C=O) groups is 2. The van der Waals surface area contributed by atoms with Crippen LogP contribution >= 0.6 is 23.4 Å². The minimum atomic E-state index is -0.622. The van der Waals surface area contributed by atoms with Gasteiger partial charge in [-0.2, -0.15) is 11.8 Å². The first-order valence-corrected chi connectivity index (χ1v) is 7.70. The van der Waals surface area contributed by atoms with Crippen LogP contribution in [0.4, 0.5) is 5.69 Å². The third-order valence-corrected chi connectivity index (χ3v) is 3.49. The van der Waals surface area contributed by atoms with Crippen molar-refractivity contribution in [2.75, 3.05) is 24.4 Å². The van der Waals surface area contributed by atoms with Crippen LogP contribution in [0.2, 0.25) is 5.02 Å². The number of benzene rings is 1. The van der Waals surface area contributed by atoms with E-state index in [1.165, 1.54) is 13.2 Å². The number of halogens is 1. The molecular formula is C13H17ClN2O3S. The summed E-state index contributed by atoms with van der Waals surface area (Å²) in [7, 11) is 1.26. The number of rotatable bonds is 6. The predicted molar refractivity (Wildman–Crippen MR) is 82.4 cm³/mol. The molecule has 5 nitrogen and oxygen atoms in total. The number of methoxy groups -OCH3 is 1. The van der Waals surface area contributed by atoms with Crippen molar-refractivity contribution in [3.05, 3.63) is 28.8 Å². The summed E-state index contributed by atoms with van der Waals surface area (Å²) >= 11 is 7.45. The molecule has 0 heterocycles. The number of ether oxygens (including phenoxy) is 1. The molecule has 0 aliphatic carbocycles. The lowest BCUT2D eigenvalue weighted by molar-refractivity contribution is -0.117. The lowest BCUT2D eigenvalue weighted by Crippen LogP contribution is -2.36. The minimum absolute atomic E-state index is 0.199. The molecule has 7 heteroatoms. The molecule has 0 saturated heterocycles. The molecule has 1 atom stereocenters. The molecule has 0 spiro atoms. The number of anilines is 1. The van der Waals surface area contributed by atoms with Gasteiger partial charge in [0.25, 0.3) is 0 Å². The van der Waals surface area contributed by atoms with Crippen LogP contribution in [0.5, 0.6) is 0 Å². The third kappa shape index (κ3) is 4.70. The number of amides is 1. The Morgan fingerprint density at radius 3 is 2.80 bits per heavy atom. The molecule has 110 valence electrons. The van der Waals surface area contributed by atoms with E-state index in [0.29, 0.717) is 17.1 Å². The lowest BCUT2D eigenvalue weighted by atomic mass is 10.1. The van der Waals surface area contributed by atoms with Gasteiger partial charge in [-0.1, -0.05) is 11.6 Å². The van der Waals surface area contributed by atoms with Gasteiger partial charge in [0, 0.05) is 5.02 Å². The molecule has 1 aromatic carbocycles. The topological polar surface area (TPSA) is 81.4 Å². The Morgan fingerprint density at radius 2 is 2.20 bits per heavy atom. The normalized spacial score (nSPS) is 11.8. The first kappa shape index (κ1) is 16.8. The second-order valence-electron chi connectivity index (χ2n) is 4.06. The van der Waals surface area contributed by atoms with Crippen LogP contribution in [0.25, 0.3) is 0 Å². The van der Waals surface area contributed by atoms with Gasteiger partial charge in [-0.15, -0.1) is 0 Å². The fourth-order valence-corrected chi connectivity index (χ4v) is 2.17. The highest BCUT2D eigenvalue weighted by Gasteiger charge is 2.18. The maximum Gasteiger partial charge on any atom is 0.340 e. The lowest BCUT2D eigenvalue weighted by Gasteiger charge is -2.14. The Bertz CT molecular complexity index is 497. The zero-order chi connectivity index (χ0) is 15.1. The maximum absolute atomic E-state index is 11.9. The van der Waals surface area contributed by atoms with E-state index in [1.807, 2.05) is 6.26 Å². The van der Waals surface area contributed by atoms with Gasteiger partial charge in [-0.3, -0.25) is 4.79 Å². The van der Waals surface area contributed by atoms with Crippen molar-refractivity contribution < 1.29 is 14.3 Å². The van der Waals surface area contributed by atoms with Gasteiger partial charge >= 0.3 is 5.97 Å². The van der Waals surface area contributed by atoms with Crippen LogP contribution in [0.1, 0.15) is 16.8 Å². The summed E-state index contributed by atoms with van der Waals surface area (Å²) < 4.78 is 4.66. The fraction of sp³-hybridized carbons (Fsp3) is 0.385. The molecule has 0 aromatic heterocycles. The van der Waals surface area contributed by atoms with Crippen LogP contribution in [0.15, 0.2) is 18.2 Å². The van der Waals surface area contributed by atoms with Crippen molar-refractivity contribution in [2.45, 2.75) is 12.5 Å². The molecule has 0 radical (unpaired) electrons. The van der Waals surface area contributed by atoms with Crippen LogP contribution in [0.3, 0.4) is 0 Å². The zero-order valence-electron chi connectivity index (χ0n) is 11.3. The van der Waals surface area contributed by atoms with E-state index in [0.717, 1.165) is 5.75 Å². The van der Waals surface area contributed by atoms with E-state index in [1.54, 1.807) is 23.9 Å². The van der Waals surface area contributed by atoms with Gasteiger partial charge in [0.1, 0.15) is 0 Å². The van der Waals surface area contributed by atoms with Gasteiger partial charge in [0.15, 0.2) is 0 Å². The number of carbonyl (C=O) groups excluding carboxylic acids is 2. The van der Waals surface area contributed by atoms with Gasteiger partial charge in [0.2, 0.25) is 5.91 Å². The van der Waals surface area contributed by atoms with E-state index in [9.17, 15) is 9.59 Å². The van der Waals surface area contributed by atoms with Crippen molar-refractivity contribution in [2.24, 2.45) is 5.73 Å². The van der Waals surface area contributed by atoms with E-state index in [4.69, 9.17) is 17.3 Å². The van der Waals surface area contributed by atoms with Crippen molar-refractivity contribution in [1.82, 2.24) is 0 Å². The van der Waals surface area contributed by atoms with Crippen LogP contribution < -0.4 is 11.1 Å². The van der Waals surface area contributed by atoms with E-state index < -0.39 is 12.0 Å². The number of thioether (sulfide) groups is 1. The number of nitrogens with one attached hydrogen (secondary N) is 1. The number of esters is 1. The van der Waals surface area contributed by atoms with E-state index in [2.05, 4.69) is 10.1 Å². The molecule has 1 rings (SSSR count). The molecule has 0 aliphatic heterocycles. The summed E-state index contributed by atoms with van der Waals surface area (Å²) in [6.45, 7) is 0. The molecule has 0 unspecified atom stereocenters. The number of hydrogen-bond acceptors (Lipinski definition) is 5. The second-order valence-corrected chi connectivity index (χ2v) is 5.48. The SMILES string of the molecule is COC(=O)c1cc(Cl)ccc1NC(=O)[C@H](N)CCSC. The molecule has 1 aromatic rings. The highest BCUT2D eigenvalue weighted by Crippen LogP contribution is 2.21. The Labute approximate surface area is 127 Å². The number of hydrogen-bond donors (Lipinski definition) is 2. The van der Waals surface area contributed by atoms with E-state index >= 15 is 0 Å². The molecule has 3 N–H and O–H groups in total. The average Bonchev–Trinajstić information content (AvgIpc) is 2.45. The fourth-order valence-electron chi connectivity index (χ4n) is 1.51. The van der Waals surface area contributed by atoms with E-state index in [-0.39, 0.29) is 11.5 Å². The second kappa shape index (κ2) is 8.14. The Hall–Kier alpha value is -1.24. The van der Waals surface area contributed by atoms with Crippen molar-refractivity contribution in [3.8, 4) is 0 Å². The summed E-state index contributed by atoms with van der Waals surface area (Å²) in [5, 5.41) is 3.01. The largest absolute Gasteiger partial charge is 0.465 e. The average molecular weight is 317 g/mol. The zero-order valence-corrected chi connectivity index (χ0v) is 12.9. The minimum Gasteiger partial charge on any atom is -0.465 e. The van der Waals surface area contributed by atoms with Crippen LogP contribution in [-0.4, -0.2) is 37.0 Å². The van der Waals surface area contributed by atoms with Crippen molar-refractivity contribution in [1.29, 1.82) is 0 Å². The van der Waals surface area contributed by atoms with Gasteiger partial charge in [-0.25, -0.2) is 4.79 Å². The van der Waals surface area contributed by atoms with Crippen molar-refractivity contribution in [3.63, 3.8) is 0 Å². The molecular weight excluding hydrogens is 300 g/mol. The first-order chi connectivity index (χ1) is 9.49. The monoisotopic (exact) mass is 316 g/mol. The number of nitrogens with two attached hydrogens (primary N) is 1. The smallest absolute Gasteiger partial charge is 0.340 e. The highest BCUT2D eigenvalue weighted by molar-refractivity contribution is 7.98. The molecule has 0 aliphatic rings. The summed E-state index contributed by atoms with van der Waals surface area (Å²) in [5.74, 6) is -0.119. The van der Waals surface area contributed by atoms with Gasteiger partial charge in [-0.05, 0) is 36.6 Å². The highest BCUT2D eigenvalue weighted by atomic mass is 35.5. The molecule has 1 amide bonds. The molecule has 0 bridgehead atoms. The summed E-state index contributed by atoms with van der Waals surface area (Å²) in [4.78, 5) is 23.6. The Kier molecular flexibility index (Phi) is 6.84. The quantitative estimate of drug-likeness (QED) is 0.786. The summed E-state index contributed by atoms with van der Waals surface area (Å²) in [5.41, 5.74) is 6.31. The van der Waals surface area contributed by atoms with Crippen LogP contribution in [-0.2, 0) is 9.53 Å². The first-order valence-electron chi connectivity index (χ1n) is 5.92.